The fraction of sp³-hybridized carbons (Fsp3) is 0.231. The number of allylic oxidation sites excluding steroid dienone is 1. The molecule has 1 atom stereocenters. The van der Waals surface area contributed by atoms with Crippen molar-refractivity contribution in [3.8, 4) is 28.7 Å². The van der Waals surface area contributed by atoms with Crippen LogP contribution in [-0.4, -0.2) is 35.5 Å². The zero-order chi connectivity index (χ0) is 22.0. The van der Waals surface area contributed by atoms with Crippen LogP contribution < -0.4 is 23.7 Å². The summed E-state index contributed by atoms with van der Waals surface area (Å²) in [6.07, 6.45) is 2.19. The minimum Gasteiger partial charge on any atom is -0.497 e. The summed E-state index contributed by atoms with van der Waals surface area (Å²) in [6.45, 7) is 0. The molecule has 5 nitrogen and oxygen atoms in total. The van der Waals surface area contributed by atoms with Crippen LogP contribution in [0.3, 0.4) is 0 Å². The fourth-order valence-corrected chi connectivity index (χ4v) is 4.12. The zero-order valence-electron chi connectivity index (χ0n) is 18.4. The highest BCUT2D eigenvalue weighted by Crippen LogP contribution is 2.51. The van der Waals surface area contributed by atoms with Gasteiger partial charge in [0.25, 0.3) is 0 Å². The van der Waals surface area contributed by atoms with Crippen molar-refractivity contribution in [1.82, 2.24) is 0 Å². The van der Waals surface area contributed by atoms with Crippen molar-refractivity contribution in [2.45, 2.75) is 5.92 Å². The molecule has 3 aromatic rings. The van der Waals surface area contributed by atoms with Crippen LogP contribution in [0, 0.1) is 0 Å². The van der Waals surface area contributed by atoms with Crippen LogP contribution in [0.4, 0.5) is 0 Å². The molecule has 0 aliphatic heterocycles. The highest BCUT2D eigenvalue weighted by molar-refractivity contribution is 5.95. The first-order valence-corrected chi connectivity index (χ1v) is 9.96. The first-order chi connectivity index (χ1) is 15.1. The van der Waals surface area contributed by atoms with Crippen molar-refractivity contribution in [2.24, 2.45) is 0 Å². The van der Waals surface area contributed by atoms with E-state index in [1.165, 1.54) is 0 Å². The maximum atomic E-state index is 5.79. The van der Waals surface area contributed by atoms with Gasteiger partial charge in [-0.25, -0.2) is 0 Å². The predicted octanol–water partition coefficient (Wildman–Crippen LogP) is 5.42. The van der Waals surface area contributed by atoms with Gasteiger partial charge in [0.2, 0.25) is 0 Å². The molecule has 0 saturated carbocycles. The lowest BCUT2D eigenvalue weighted by atomic mass is 9.84. The van der Waals surface area contributed by atoms with Gasteiger partial charge in [-0.05, 0) is 58.7 Å². The van der Waals surface area contributed by atoms with Gasteiger partial charge in [-0.1, -0.05) is 12.1 Å². The lowest BCUT2D eigenvalue weighted by Gasteiger charge is -2.22. The van der Waals surface area contributed by atoms with Crippen molar-refractivity contribution in [1.29, 1.82) is 0 Å². The first-order valence-electron chi connectivity index (χ1n) is 9.96. The molecular formula is C26H26O5. The minimum absolute atomic E-state index is 0.0618. The minimum atomic E-state index is -0.0618. The normalized spacial score (nSPS) is 14.5. The molecule has 5 heteroatoms. The van der Waals surface area contributed by atoms with Gasteiger partial charge in [0.05, 0.1) is 35.5 Å². The summed E-state index contributed by atoms with van der Waals surface area (Å²) in [4.78, 5) is 0. The van der Waals surface area contributed by atoms with Gasteiger partial charge in [-0.3, -0.25) is 0 Å². The highest BCUT2D eigenvalue weighted by atomic mass is 16.5. The SMILES string of the molecule is COc1ccc(C2=Cc3cc(OC)cc(OC)c3[C@@H]2c2cc(OC)cc(OC)c2)cc1. The molecule has 31 heavy (non-hydrogen) atoms. The third-order valence-corrected chi connectivity index (χ3v) is 5.64. The van der Waals surface area contributed by atoms with Crippen molar-refractivity contribution in [3.05, 3.63) is 76.9 Å². The van der Waals surface area contributed by atoms with E-state index in [-0.39, 0.29) is 5.92 Å². The van der Waals surface area contributed by atoms with Crippen LogP contribution in [-0.2, 0) is 0 Å². The Morgan fingerprint density at radius 3 is 1.71 bits per heavy atom. The second-order valence-corrected chi connectivity index (χ2v) is 7.24. The summed E-state index contributed by atoms with van der Waals surface area (Å²) in [5, 5.41) is 0. The first kappa shape index (κ1) is 20.7. The summed E-state index contributed by atoms with van der Waals surface area (Å²) < 4.78 is 27.7. The number of hydrogen-bond acceptors (Lipinski definition) is 5. The molecule has 0 saturated heterocycles. The molecule has 160 valence electrons. The number of rotatable bonds is 7. The largest absolute Gasteiger partial charge is 0.497 e. The average Bonchev–Trinajstić information content (AvgIpc) is 3.22. The highest BCUT2D eigenvalue weighted by Gasteiger charge is 2.32. The Kier molecular flexibility index (Phi) is 5.76. The number of ether oxygens (including phenoxy) is 5. The van der Waals surface area contributed by atoms with E-state index < -0.39 is 0 Å². The Hall–Kier alpha value is -3.60. The fourth-order valence-electron chi connectivity index (χ4n) is 4.12. The molecule has 0 N–H and O–H groups in total. The molecule has 1 aliphatic carbocycles. The van der Waals surface area contributed by atoms with Gasteiger partial charge in [-0.15, -0.1) is 0 Å². The molecule has 0 fully saturated rings. The van der Waals surface area contributed by atoms with Gasteiger partial charge in [0.1, 0.15) is 28.7 Å². The Morgan fingerprint density at radius 1 is 0.581 bits per heavy atom. The van der Waals surface area contributed by atoms with Crippen molar-refractivity contribution in [2.75, 3.05) is 35.5 Å². The molecule has 0 bridgehead atoms. The van der Waals surface area contributed by atoms with Crippen molar-refractivity contribution >= 4 is 11.6 Å². The number of methoxy groups -OCH3 is 5. The van der Waals surface area contributed by atoms with E-state index in [9.17, 15) is 0 Å². The molecule has 3 aromatic carbocycles. The number of benzene rings is 3. The smallest absolute Gasteiger partial charge is 0.127 e. The van der Waals surface area contributed by atoms with Crippen LogP contribution in [0.1, 0.15) is 28.2 Å². The van der Waals surface area contributed by atoms with Crippen LogP contribution in [0.5, 0.6) is 28.7 Å². The van der Waals surface area contributed by atoms with Crippen molar-refractivity contribution < 1.29 is 23.7 Å². The third-order valence-electron chi connectivity index (χ3n) is 5.64. The Balaban J connectivity index is 1.94. The quantitative estimate of drug-likeness (QED) is 0.513. The molecule has 0 radical (unpaired) electrons. The number of fused-ring (bicyclic) bond motifs is 1. The molecular weight excluding hydrogens is 392 g/mol. The van der Waals surface area contributed by atoms with E-state index in [2.05, 4.69) is 18.2 Å². The summed E-state index contributed by atoms with van der Waals surface area (Å²) in [7, 11) is 8.33. The molecule has 0 amide bonds. The van der Waals surface area contributed by atoms with Gasteiger partial charge in [0.15, 0.2) is 0 Å². The lowest BCUT2D eigenvalue weighted by molar-refractivity contribution is 0.389. The van der Waals surface area contributed by atoms with E-state index >= 15 is 0 Å². The van der Waals surface area contributed by atoms with Gasteiger partial charge in [0, 0.05) is 23.6 Å². The summed E-state index contributed by atoms with van der Waals surface area (Å²) in [6, 6.07) is 18.0. The summed E-state index contributed by atoms with van der Waals surface area (Å²) in [5.41, 5.74) is 5.46. The second kappa shape index (κ2) is 8.64. The summed E-state index contributed by atoms with van der Waals surface area (Å²) in [5.74, 6) is 3.77. The second-order valence-electron chi connectivity index (χ2n) is 7.24. The average molecular weight is 418 g/mol. The maximum absolute atomic E-state index is 5.79. The Bertz CT molecular complexity index is 1090. The van der Waals surface area contributed by atoms with Crippen LogP contribution >= 0.6 is 0 Å². The van der Waals surface area contributed by atoms with Crippen molar-refractivity contribution in [3.63, 3.8) is 0 Å². The van der Waals surface area contributed by atoms with E-state index in [1.54, 1.807) is 35.5 Å². The van der Waals surface area contributed by atoms with Gasteiger partial charge < -0.3 is 23.7 Å². The maximum Gasteiger partial charge on any atom is 0.127 e. The monoisotopic (exact) mass is 418 g/mol. The predicted molar refractivity (Wildman–Crippen MR) is 122 cm³/mol. The zero-order valence-corrected chi connectivity index (χ0v) is 18.4. The molecule has 0 aromatic heterocycles. The van der Waals surface area contributed by atoms with Crippen LogP contribution in [0.2, 0.25) is 0 Å². The molecule has 0 unspecified atom stereocenters. The van der Waals surface area contributed by atoms with E-state index in [4.69, 9.17) is 23.7 Å². The molecule has 0 spiro atoms. The van der Waals surface area contributed by atoms with Gasteiger partial charge in [-0.2, -0.15) is 0 Å². The molecule has 0 heterocycles. The van der Waals surface area contributed by atoms with E-state index in [0.29, 0.717) is 0 Å². The van der Waals surface area contributed by atoms with E-state index in [0.717, 1.165) is 56.6 Å². The van der Waals surface area contributed by atoms with Gasteiger partial charge >= 0.3 is 0 Å². The molecule has 1 aliphatic rings. The van der Waals surface area contributed by atoms with Crippen LogP contribution in [0.25, 0.3) is 11.6 Å². The van der Waals surface area contributed by atoms with E-state index in [1.807, 2.05) is 42.5 Å². The standard InChI is InChI=1S/C26H26O5/c1-27-19-8-6-16(7-9-19)23-13-18-12-22(30-4)15-24(31-5)26(18)25(23)17-10-20(28-2)14-21(11-17)29-3/h6-15,25H,1-5H3/t25-/m1/s1. The lowest BCUT2D eigenvalue weighted by Crippen LogP contribution is -2.05. The topological polar surface area (TPSA) is 46.2 Å². The third kappa shape index (κ3) is 3.79. The molecule has 4 rings (SSSR count). The summed E-state index contributed by atoms with van der Waals surface area (Å²) >= 11 is 0. The Labute approximate surface area is 182 Å². The van der Waals surface area contributed by atoms with Crippen LogP contribution in [0.15, 0.2) is 54.6 Å². The number of hydrogen-bond donors (Lipinski definition) is 0. The Morgan fingerprint density at radius 2 is 1.16 bits per heavy atom.